The van der Waals surface area contributed by atoms with Crippen molar-refractivity contribution in [3.8, 4) is 17.2 Å². The van der Waals surface area contributed by atoms with Gasteiger partial charge in [0.15, 0.2) is 0 Å². The molecular weight excluding hydrogens is 294 g/mol. The molecule has 0 spiro atoms. The molecule has 0 saturated carbocycles. The van der Waals surface area contributed by atoms with E-state index in [-0.39, 0.29) is 11.1 Å². The zero-order valence-corrected chi connectivity index (χ0v) is 10.6. The van der Waals surface area contributed by atoms with Gasteiger partial charge in [0, 0.05) is 11.1 Å². The van der Waals surface area contributed by atoms with E-state index in [1.165, 1.54) is 24.3 Å². The Balaban J connectivity index is 2.86. The van der Waals surface area contributed by atoms with Crippen LogP contribution >= 0.6 is 11.6 Å². The molecular formula is C14H6ClF4N. The summed E-state index contributed by atoms with van der Waals surface area (Å²) in [5.41, 5.74) is -1.65. The van der Waals surface area contributed by atoms with Crippen LogP contribution in [0, 0.1) is 17.1 Å². The predicted molar refractivity (Wildman–Crippen MR) is 66.6 cm³/mol. The molecule has 0 aliphatic rings. The number of halogens is 5. The fraction of sp³-hybridized carbons (Fsp3) is 0.0714. The van der Waals surface area contributed by atoms with Gasteiger partial charge < -0.3 is 0 Å². The highest BCUT2D eigenvalue weighted by molar-refractivity contribution is 6.33. The smallest absolute Gasteiger partial charge is 0.205 e. The van der Waals surface area contributed by atoms with Crippen molar-refractivity contribution >= 4 is 11.6 Å². The zero-order chi connectivity index (χ0) is 14.9. The Morgan fingerprint density at radius 3 is 2.30 bits per heavy atom. The molecule has 0 aliphatic carbocycles. The van der Waals surface area contributed by atoms with Gasteiger partial charge in [0.05, 0.1) is 22.2 Å². The average Bonchev–Trinajstić information content (AvgIpc) is 2.40. The van der Waals surface area contributed by atoms with Crippen LogP contribution in [0.5, 0.6) is 0 Å². The molecule has 0 radical (unpaired) electrons. The monoisotopic (exact) mass is 299 g/mol. The molecule has 0 N–H and O–H groups in total. The number of benzene rings is 2. The Bertz CT molecular complexity index is 701. The molecule has 102 valence electrons. The molecule has 2 aromatic carbocycles. The van der Waals surface area contributed by atoms with Gasteiger partial charge in [-0.15, -0.1) is 0 Å². The lowest BCUT2D eigenvalue weighted by Gasteiger charge is -2.15. The van der Waals surface area contributed by atoms with E-state index in [0.717, 1.165) is 0 Å². The van der Waals surface area contributed by atoms with Crippen molar-refractivity contribution < 1.29 is 17.6 Å². The van der Waals surface area contributed by atoms with Gasteiger partial charge in [0.1, 0.15) is 5.82 Å². The van der Waals surface area contributed by atoms with Gasteiger partial charge in [0.2, 0.25) is 0 Å². The second-order valence-electron chi connectivity index (χ2n) is 3.94. The molecule has 0 fully saturated rings. The number of hydrogen-bond donors (Lipinski definition) is 0. The first-order valence-corrected chi connectivity index (χ1v) is 5.78. The molecule has 0 atom stereocenters. The maximum Gasteiger partial charge on any atom is 0.417 e. The van der Waals surface area contributed by atoms with E-state index < -0.39 is 28.1 Å². The quantitative estimate of drug-likeness (QED) is 0.677. The summed E-state index contributed by atoms with van der Waals surface area (Å²) in [5.74, 6) is -0.970. The fourth-order valence-corrected chi connectivity index (χ4v) is 2.12. The third kappa shape index (κ3) is 2.47. The third-order valence-corrected chi connectivity index (χ3v) is 3.09. The molecule has 6 heteroatoms. The highest BCUT2D eigenvalue weighted by Gasteiger charge is 2.35. The van der Waals surface area contributed by atoms with Crippen LogP contribution in [0.4, 0.5) is 17.6 Å². The summed E-state index contributed by atoms with van der Waals surface area (Å²) in [7, 11) is 0. The van der Waals surface area contributed by atoms with Gasteiger partial charge in [-0.25, -0.2) is 4.39 Å². The van der Waals surface area contributed by atoms with Crippen LogP contribution < -0.4 is 0 Å². The number of nitriles is 1. The molecule has 0 unspecified atom stereocenters. The minimum absolute atomic E-state index is 0.00880. The van der Waals surface area contributed by atoms with Crippen molar-refractivity contribution in [2.24, 2.45) is 0 Å². The van der Waals surface area contributed by atoms with E-state index in [9.17, 15) is 17.6 Å². The molecule has 0 aromatic heterocycles. The van der Waals surface area contributed by atoms with Crippen molar-refractivity contribution in [3.63, 3.8) is 0 Å². The number of alkyl halides is 3. The number of rotatable bonds is 1. The van der Waals surface area contributed by atoms with E-state index in [4.69, 9.17) is 16.9 Å². The topological polar surface area (TPSA) is 23.8 Å². The molecule has 20 heavy (non-hydrogen) atoms. The summed E-state index contributed by atoms with van der Waals surface area (Å²) in [6.07, 6.45) is -4.70. The predicted octanol–water partition coefficient (Wildman–Crippen LogP) is 5.04. The number of hydrogen-bond acceptors (Lipinski definition) is 1. The lowest BCUT2D eigenvalue weighted by Crippen LogP contribution is -2.08. The van der Waals surface area contributed by atoms with Crippen molar-refractivity contribution in [1.82, 2.24) is 0 Å². The Morgan fingerprint density at radius 1 is 1.05 bits per heavy atom. The van der Waals surface area contributed by atoms with E-state index >= 15 is 0 Å². The molecule has 1 nitrogen and oxygen atoms in total. The normalized spacial score (nSPS) is 11.2. The summed E-state index contributed by atoms with van der Waals surface area (Å²) in [4.78, 5) is 0. The maximum atomic E-state index is 13.5. The third-order valence-electron chi connectivity index (χ3n) is 2.72. The van der Waals surface area contributed by atoms with Crippen LogP contribution in [-0.2, 0) is 6.18 Å². The summed E-state index contributed by atoms with van der Waals surface area (Å²) in [5, 5.41) is 8.32. The van der Waals surface area contributed by atoms with Crippen molar-refractivity contribution in [3.05, 3.63) is 58.4 Å². The largest absolute Gasteiger partial charge is 0.417 e. The second-order valence-corrected chi connectivity index (χ2v) is 4.32. The Kier molecular flexibility index (Phi) is 3.69. The van der Waals surface area contributed by atoms with Crippen molar-refractivity contribution in [2.75, 3.05) is 0 Å². The molecule has 0 aliphatic heterocycles. The highest BCUT2D eigenvalue weighted by Crippen LogP contribution is 2.42. The Morgan fingerprint density at radius 2 is 1.70 bits per heavy atom. The van der Waals surface area contributed by atoms with Gasteiger partial charge in [-0.1, -0.05) is 29.8 Å². The van der Waals surface area contributed by atoms with E-state index in [1.807, 2.05) is 0 Å². The van der Waals surface area contributed by atoms with Crippen LogP contribution in [0.1, 0.15) is 11.1 Å². The summed E-state index contributed by atoms with van der Waals surface area (Å²) in [6, 6.07) is 8.65. The first kappa shape index (κ1) is 14.4. The summed E-state index contributed by atoms with van der Waals surface area (Å²) < 4.78 is 52.5. The van der Waals surface area contributed by atoms with Crippen LogP contribution in [-0.4, -0.2) is 0 Å². The Hall–Kier alpha value is -2.06. The first-order chi connectivity index (χ1) is 9.36. The van der Waals surface area contributed by atoms with Crippen molar-refractivity contribution in [1.29, 1.82) is 5.26 Å². The minimum atomic E-state index is -4.70. The summed E-state index contributed by atoms with van der Waals surface area (Å²) >= 11 is 5.68. The van der Waals surface area contributed by atoms with Crippen LogP contribution in [0.3, 0.4) is 0 Å². The molecule has 0 saturated heterocycles. The number of nitrogens with zero attached hydrogens (tertiary/aromatic N) is 1. The molecule has 2 rings (SSSR count). The standard InChI is InChI=1S/C14H6ClF4N/c15-13-11(16)6-5-10(14(17,18)19)12(13)9-4-2-1-3-8(9)7-20/h1-6H. The van der Waals surface area contributed by atoms with Crippen LogP contribution in [0.25, 0.3) is 11.1 Å². The summed E-state index contributed by atoms with van der Waals surface area (Å²) in [6.45, 7) is 0. The van der Waals surface area contributed by atoms with Gasteiger partial charge in [-0.3, -0.25) is 0 Å². The lowest BCUT2D eigenvalue weighted by atomic mass is 9.95. The zero-order valence-electron chi connectivity index (χ0n) is 9.80. The fourth-order valence-electron chi connectivity index (χ4n) is 1.85. The maximum absolute atomic E-state index is 13.5. The van der Waals surface area contributed by atoms with E-state index in [0.29, 0.717) is 12.1 Å². The van der Waals surface area contributed by atoms with Gasteiger partial charge in [-0.05, 0) is 18.2 Å². The average molecular weight is 300 g/mol. The minimum Gasteiger partial charge on any atom is -0.205 e. The first-order valence-electron chi connectivity index (χ1n) is 5.41. The second kappa shape index (κ2) is 5.14. The van der Waals surface area contributed by atoms with Crippen LogP contribution in [0.15, 0.2) is 36.4 Å². The van der Waals surface area contributed by atoms with Gasteiger partial charge >= 0.3 is 6.18 Å². The van der Waals surface area contributed by atoms with E-state index in [2.05, 4.69) is 0 Å². The lowest BCUT2D eigenvalue weighted by molar-refractivity contribution is -0.137. The van der Waals surface area contributed by atoms with Crippen LogP contribution in [0.2, 0.25) is 5.02 Å². The van der Waals surface area contributed by atoms with Gasteiger partial charge in [0.25, 0.3) is 0 Å². The molecule has 0 heterocycles. The molecule has 0 bridgehead atoms. The van der Waals surface area contributed by atoms with Crippen molar-refractivity contribution in [2.45, 2.75) is 6.18 Å². The molecule has 2 aromatic rings. The van der Waals surface area contributed by atoms with E-state index in [1.54, 1.807) is 6.07 Å². The Labute approximate surface area is 117 Å². The SMILES string of the molecule is N#Cc1ccccc1-c1c(C(F)(F)F)ccc(F)c1Cl. The van der Waals surface area contributed by atoms with Gasteiger partial charge in [-0.2, -0.15) is 18.4 Å². The molecule has 0 amide bonds. The highest BCUT2D eigenvalue weighted by atomic mass is 35.5.